The first kappa shape index (κ1) is 16.5. The fraction of sp³-hybridized carbons (Fsp3) is 0.500. The van der Waals surface area contributed by atoms with Gasteiger partial charge in [0.1, 0.15) is 0 Å². The van der Waals surface area contributed by atoms with E-state index in [2.05, 4.69) is 23.3 Å². The van der Waals surface area contributed by atoms with Crippen molar-refractivity contribution >= 4 is 38.5 Å². The third-order valence-electron chi connectivity index (χ3n) is 4.85. The number of thiazole rings is 1. The number of nitrogens with one attached hydrogen (secondary N) is 1. The number of aryl methyl sites for hydroxylation is 1. The Balaban J connectivity index is 1.44. The summed E-state index contributed by atoms with van der Waals surface area (Å²) in [5.74, 6) is -0.402. The first-order valence-electron chi connectivity index (χ1n) is 8.47. The zero-order chi connectivity index (χ0) is 17.6. The highest BCUT2D eigenvalue weighted by Gasteiger charge is 2.38. The number of hydrogen-bond donors (Lipinski definition) is 1. The number of carbonyl (C=O) groups excluding carboxylic acids is 2. The molecule has 2 aliphatic rings. The molecular weight excluding hydrogens is 338 g/mol. The van der Waals surface area contributed by atoms with E-state index in [1.807, 2.05) is 19.1 Å². The predicted molar refractivity (Wildman–Crippen MR) is 96.8 cm³/mol. The molecule has 0 radical (unpaired) electrons. The van der Waals surface area contributed by atoms with Gasteiger partial charge in [-0.3, -0.25) is 14.5 Å². The topological polar surface area (TPSA) is 71.5 Å². The third-order valence-corrected chi connectivity index (χ3v) is 5.89. The van der Waals surface area contributed by atoms with E-state index in [1.165, 1.54) is 16.9 Å². The van der Waals surface area contributed by atoms with E-state index in [1.54, 1.807) is 4.90 Å². The smallest absolute Gasteiger partial charge is 0.229 e. The van der Waals surface area contributed by atoms with E-state index in [4.69, 9.17) is 4.74 Å². The zero-order valence-electron chi connectivity index (χ0n) is 14.4. The number of aromatic nitrogens is 1. The molecule has 6 nitrogen and oxygen atoms in total. The molecule has 0 aliphatic carbocycles. The lowest BCUT2D eigenvalue weighted by Crippen LogP contribution is -2.49. The summed E-state index contributed by atoms with van der Waals surface area (Å²) in [6.07, 6.45) is 0.244. The van der Waals surface area contributed by atoms with Gasteiger partial charge in [0.15, 0.2) is 5.13 Å². The van der Waals surface area contributed by atoms with Gasteiger partial charge in [-0.05, 0) is 24.6 Å². The molecule has 3 heterocycles. The highest BCUT2D eigenvalue weighted by atomic mass is 32.1. The van der Waals surface area contributed by atoms with Gasteiger partial charge in [0.05, 0.1) is 29.3 Å². The Hall–Kier alpha value is -1.99. The number of hydrogen-bond acceptors (Lipinski definition) is 5. The summed E-state index contributed by atoms with van der Waals surface area (Å²) in [7, 11) is 0. The summed E-state index contributed by atoms with van der Waals surface area (Å²) in [6.45, 7) is 6.47. The minimum atomic E-state index is -0.314. The lowest BCUT2D eigenvalue weighted by atomic mass is 9.88. The Bertz CT molecular complexity index is 843. The van der Waals surface area contributed by atoms with E-state index < -0.39 is 0 Å². The summed E-state index contributed by atoms with van der Waals surface area (Å²) >= 11 is 1.50. The first-order valence-corrected chi connectivity index (χ1v) is 9.28. The summed E-state index contributed by atoms with van der Waals surface area (Å²) < 4.78 is 6.27. The highest BCUT2D eigenvalue weighted by Crippen LogP contribution is 2.33. The summed E-state index contributed by atoms with van der Waals surface area (Å²) in [5.41, 5.74) is 2.09. The van der Waals surface area contributed by atoms with Crippen LogP contribution < -0.4 is 10.2 Å². The molecule has 25 heavy (non-hydrogen) atoms. The number of carbonyl (C=O) groups is 2. The minimum absolute atomic E-state index is 0.0306. The van der Waals surface area contributed by atoms with E-state index in [9.17, 15) is 9.59 Å². The number of ether oxygens (including phenoxy) is 1. The molecule has 1 N–H and O–H groups in total. The first-order chi connectivity index (χ1) is 11.9. The lowest BCUT2D eigenvalue weighted by Gasteiger charge is -2.38. The average molecular weight is 359 g/mol. The monoisotopic (exact) mass is 359 g/mol. The predicted octanol–water partition coefficient (Wildman–Crippen LogP) is 2.11. The SMILES string of the molecule is Cc1ccc2nc(N3CC(C(=O)NCC4(C)COC4)CC3=O)sc2c1. The van der Waals surface area contributed by atoms with Crippen molar-refractivity contribution in [1.82, 2.24) is 10.3 Å². The quantitative estimate of drug-likeness (QED) is 0.908. The second kappa shape index (κ2) is 6.07. The van der Waals surface area contributed by atoms with Crippen LogP contribution in [0.2, 0.25) is 0 Å². The Kier molecular flexibility index (Phi) is 4.00. The lowest BCUT2D eigenvalue weighted by molar-refractivity contribution is -0.130. The fourth-order valence-electron chi connectivity index (χ4n) is 3.20. The van der Waals surface area contributed by atoms with Crippen LogP contribution in [-0.2, 0) is 14.3 Å². The van der Waals surface area contributed by atoms with Gasteiger partial charge in [-0.2, -0.15) is 0 Å². The van der Waals surface area contributed by atoms with Crippen molar-refractivity contribution in [2.45, 2.75) is 20.3 Å². The Morgan fingerprint density at radius 3 is 3.00 bits per heavy atom. The summed E-state index contributed by atoms with van der Waals surface area (Å²) in [5, 5.41) is 3.66. The van der Waals surface area contributed by atoms with E-state index in [-0.39, 0.29) is 29.6 Å². The second-order valence-corrected chi connectivity index (χ2v) is 8.40. The molecule has 0 spiro atoms. The Labute approximate surface area is 150 Å². The van der Waals surface area contributed by atoms with Gasteiger partial charge in [0.2, 0.25) is 11.8 Å². The number of anilines is 1. The van der Waals surface area contributed by atoms with Crippen molar-refractivity contribution in [3.8, 4) is 0 Å². The zero-order valence-corrected chi connectivity index (χ0v) is 15.2. The molecule has 2 aliphatic heterocycles. The van der Waals surface area contributed by atoms with E-state index in [0.717, 1.165) is 10.2 Å². The second-order valence-electron chi connectivity index (χ2n) is 7.39. The fourth-order valence-corrected chi connectivity index (χ4v) is 4.29. The maximum absolute atomic E-state index is 12.4. The van der Waals surface area contributed by atoms with E-state index >= 15 is 0 Å². The molecule has 1 aromatic heterocycles. The van der Waals surface area contributed by atoms with E-state index in [0.29, 0.717) is 31.4 Å². The number of amides is 2. The molecule has 2 aromatic rings. The van der Waals surface area contributed by atoms with Crippen molar-refractivity contribution in [3.05, 3.63) is 23.8 Å². The van der Waals surface area contributed by atoms with Crippen LogP contribution in [0, 0.1) is 18.3 Å². The largest absolute Gasteiger partial charge is 0.380 e. The summed E-state index contributed by atoms with van der Waals surface area (Å²) in [4.78, 5) is 31.0. The number of fused-ring (bicyclic) bond motifs is 1. The standard InChI is InChI=1S/C18H21N3O3S/c1-11-3-4-13-14(5-11)25-17(20-13)21-7-12(6-15(21)22)16(23)19-8-18(2)9-24-10-18/h3-5,12H,6-10H2,1-2H3,(H,19,23). The summed E-state index contributed by atoms with van der Waals surface area (Å²) in [6, 6.07) is 6.05. The minimum Gasteiger partial charge on any atom is -0.380 e. The van der Waals surface area contributed by atoms with Crippen LogP contribution in [0.3, 0.4) is 0 Å². The molecule has 2 fully saturated rings. The Morgan fingerprint density at radius 1 is 1.48 bits per heavy atom. The molecule has 1 atom stereocenters. The molecule has 0 saturated carbocycles. The molecule has 4 rings (SSSR count). The molecule has 2 amide bonds. The highest BCUT2D eigenvalue weighted by molar-refractivity contribution is 7.22. The van der Waals surface area contributed by atoms with Crippen LogP contribution in [0.4, 0.5) is 5.13 Å². The van der Waals surface area contributed by atoms with Crippen LogP contribution in [-0.4, -0.2) is 43.1 Å². The maximum atomic E-state index is 12.4. The van der Waals surface area contributed by atoms with Crippen LogP contribution >= 0.6 is 11.3 Å². The van der Waals surface area contributed by atoms with Crippen LogP contribution in [0.25, 0.3) is 10.2 Å². The van der Waals surface area contributed by atoms with Crippen molar-refractivity contribution in [2.75, 3.05) is 31.2 Å². The molecule has 1 aromatic carbocycles. The average Bonchev–Trinajstić information content (AvgIpc) is 3.13. The van der Waals surface area contributed by atoms with Crippen molar-refractivity contribution < 1.29 is 14.3 Å². The van der Waals surface area contributed by atoms with Gasteiger partial charge in [-0.15, -0.1) is 0 Å². The normalized spacial score (nSPS) is 22.2. The molecule has 2 saturated heterocycles. The third kappa shape index (κ3) is 3.14. The van der Waals surface area contributed by atoms with Crippen molar-refractivity contribution in [2.24, 2.45) is 11.3 Å². The van der Waals surface area contributed by atoms with Gasteiger partial charge >= 0.3 is 0 Å². The van der Waals surface area contributed by atoms with Crippen molar-refractivity contribution in [1.29, 1.82) is 0 Å². The van der Waals surface area contributed by atoms with Gasteiger partial charge in [0, 0.05) is 24.9 Å². The number of nitrogens with zero attached hydrogens (tertiary/aromatic N) is 2. The van der Waals surface area contributed by atoms with Crippen LogP contribution in [0.1, 0.15) is 18.9 Å². The molecular formula is C18H21N3O3S. The molecule has 7 heteroatoms. The van der Waals surface area contributed by atoms with Gasteiger partial charge in [-0.25, -0.2) is 4.98 Å². The molecule has 0 bridgehead atoms. The van der Waals surface area contributed by atoms with Crippen LogP contribution in [0.5, 0.6) is 0 Å². The Morgan fingerprint density at radius 2 is 2.28 bits per heavy atom. The molecule has 132 valence electrons. The number of rotatable bonds is 4. The van der Waals surface area contributed by atoms with Gasteiger partial charge in [-0.1, -0.05) is 24.3 Å². The van der Waals surface area contributed by atoms with Gasteiger partial charge < -0.3 is 10.1 Å². The van der Waals surface area contributed by atoms with Crippen LogP contribution in [0.15, 0.2) is 18.2 Å². The maximum Gasteiger partial charge on any atom is 0.229 e. The van der Waals surface area contributed by atoms with Gasteiger partial charge in [0.25, 0.3) is 0 Å². The number of benzene rings is 1. The van der Waals surface area contributed by atoms with Crippen molar-refractivity contribution in [3.63, 3.8) is 0 Å². The molecule has 1 unspecified atom stereocenters.